The fourth-order valence-electron chi connectivity index (χ4n) is 1.10. The van der Waals surface area contributed by atoms with Crippen LogP contribution >= 0.6 is 0 Å². The maximum absolute atomic E-state index is 4.50. The number of hydrogen-bond acceptors (Lipinski definition) is 2. The standard InChI is InChI=1S/C12H18N2/c1-12(2,3)11-10-13-8-6-4-5-7-9-14-11/h4-7,10H,8-9H2,1-3H3/b6-4-,7-5-,13-10?,14-11?. The van der Waals surface area contributed by atoms with Crippen LogP contribution in [0, 0.1) is 5.41 Å². The second-order valence-corrected chi connectivity index (χ2v) is 4.33. The predicted molar refractivity (Wildman–Crippen MR) is 63.4 cm³/mol. The van der Waals surface area contributed by atoms with Crippen LogP contribution in [0.3, 0.4) is 0 Å². The van der Waals surface area contributed by atoms with Crippen LogP contribution in [0.25, 0.3) is 0 Å². The van der Waals surface area contributed by atoms with Crippen molar-refractivity contribution in [2.24, 2.45) is 15.4 Å². The van der Waals surface area contributed by atoms with Gasteiger partial charge in [-0.1, -0.05) is 45.1 Å². The molecule has 0 aliphatic carbocycles. The van der Waals surface area contributed by atoms with Crippen LogP contribution in [-0.4, -0.2) is 25.0 Å². The summed E-state index contributed by atoms with van der Waals surface area (Å²) >= 11 is 0. The molecule has 2 nitrogen and oxygen atoms in total. The molecule has 1 heterocycles. The van der Waals surface area contributed by atoms with Gasteiger partial charge in [-0.2, -0.15) is 0 Å². The van der Waals surface area contributed by atoms with Crippen LogP contribution in [-0.2, 0) is 0 Å². The first-order valence-electron chi connectivity index (χ1n) is 4.97. The zero-order chi connectivity index (χ0) is 10.4. The highest BCUT2D eigenvalue weighted by molar-refractivity contribution is 6.32. The van der Waals surface area contributed by atoms with Gasteiger partial charge < -0.3 is 0 Å². The van der Waals surface area contributed by atoms with Crippen molar-refractivity contribution in [3.8, 4) is 0 Å². The summed E-state index contributed by atoms with van der Waals surface area (Å²) in [6, 6.07) is 0. The van der Waals surface area contributed by atoms with Gasteiger partial charge in [-0.3, -0.25) is 9.98 Å². The molecule has 76 valence electrons. The third-order valence-electron chi connectivity index (χ3n) is 1.94. The van der Waals surface area contributed by atoms with E-state index in [1.165, 1.54) is 0 Å². The van der Waals surface area contributed by atoms with E-state index in [2.05, 4.69) is 36.8 Å². The lowest BCUT2D eigenvalue weighted by Gasteiger charge is -2.18. The molecule has 0 bridgehead atoms. The van der Waals surface area contributed by atoms with E-state index in [1.807, 2.05) is 24.4 Å². The van der Waals surface area contributed by atoms with Crippen LogP contribution in [0.4, 0.5) is 0 Å². The molecule has 0 spiro atoms. The van der Waals surface area contributed by atoms with Crippen LogP contribution in [0.1, 0.15) is 20.8 Å². The summed E-state index contributed by atoms with van der Waals surface area (Å²) in [6.07, 6.45) is 10.0. The highest BCUT2D eigenvalue weighted by Gasteiger charge is 2.16. The van der Waals surface area contributed by atoms with Crippen molar-refractivity contribution in [3.05, 3.63) is 24.3 Å². The SMILES string of the molecule is CC(C)(C)C1=NC/C=C\C=C/CN=C1. The zero-order valence-electron chi connectivity index (χ0n) is 9.20. The van der Waals surface area contributed by atoms with E-state index < -0.39 is 0 Å². The molecule has 0 radical (unpaired) electrons. The summed E-state index contributed by atoms with van der Waals surface area (Å²) < 4.78 is 0. The Kier molecular flexibility index (Phi) is 3.81. The minimum atomic E-state index is 0.0836. The Morgan fingerprint density at radius 2 is 1.71 bits per heavy atom. The van der Waals surface area contributed by atoms with Crippen molar-refractivity contribution in [3.63, 3.8) is 0 Å². The van der Waals surface area contributed by atoms with Gasteiger partial charge >= 0.3 is 0 Å². The molecule has 0 unspecified atom stereocenters. The van der Waals surface area contributed by atoms with Gasteiger partial charge in [0.2, 0.25) is 0 Å². The number of rotatable bonds is 0. The van der Waals surface area contributed by atoms with Crippen LogP contribution in [0.15, 0.2) is 34.3 Å². The largest absolute Gasteiger partial charge is 0.287 e. The predicted octanol–water partition coefficient (Wildman–Crippen LogP) is 2.67. The number of hydrogen-bond donors (Lipinski definition) is 0. The quantitative estimate of drug-likeness (QED) is 0.561. The normalized spacial score (nSPS) is 22.6. The molecule has 0 aromatic heterocycles. The monoisotopic (exact) mass is 190 g/mol. The molecular weight excluding hydrogens is 172 g/mol. The molecule has 0 saturated carbocycles. The molecule has 0 atom stereocenters. The molecule has 0 aromatic carbocycles. The van der Waals surface area contributed by atoms with E-state index in [9.17, 15) is 0 Å². The summed E-state index contributed by atoms with van der Waals surface area (Å²) in [6.45, 7) is 7.94. The van der Waals surface area contributed by atoms with Gasteiger partial charge in [-0.05, 0) is 0 Å². The Bertz CT molecular complexity index is 288. The molecule has 0 amide bonds. The third kappa shape index (κ3) is 3.69. The lowest BCUT2D eigenvalue weighted by molar-refractivity contribution is 0.596. The summed E-state index contributed by atoms with van der Waals surface area (Å²) in [5.41, 5.74) is 1.15. The summed E-state index contributed by atoms with van der Waals surface area (Å²) in [5.74, 6) is 0. The topological polar surface area (TPSA) is 24.7 Å². The Balaban J connectivity index is 2.82. The second-order valence-electron chi connectivity index (χ2n) is 4.33. The van der Waals surface area contributed by atoms with Gasteiger partial charge in [0, 0.05) is 11.6 Å². The molecule has 1 aliphatic rings. The molecule has 0 aromatic rings. The molecule has 0 N–H and O–H groups in total. The number of aliphatic imine (C=N–C) groups is 2. The maximum atomic E-state index is 4.50. The van der Waals surface area contributed by atoms with Crippen LogP contribution in [0.2, 0.25) is 0 Å². The molecule has 0 fully saturated rings. The van der Waals surface area contributed by atoms with Crippen molar-refractivity contribution in [2.45, 2.75) is 20.8 Å². The van der Waals surface area contributed by atoms with E-state index in [-0.39, 0.29) is 5.41 Å². The van der Waals surface area contributed by atoms with E-state index >= 15 is 0 Å². The van der Waals surface area contributed by atoms with Gasteiger partial charge in [0.15, 0.2) is 0 Å². The highest BCUT2D eigenvalue weighted by Crippen LogP contribution is 2.15. The van der Waals surface area contributed by atoms with Gasteiger partial charge in [0.1, 0.15) is 0 Å². The molecular formula is C12H18N2. The Morgan fingerprint density at radius 3 is 2.36 bits per heavy atom. The summed E-state index contributed by atoms with van der Waals surface area (Å²) in [7, 11) is 0. The first kappa shape index (κ1) is 10.9. The molecule has 2 heteroatoms. The number of allylic oxidation sites excluding steroid dienone is 2. The zero-order valence-corrected chi connectivity index (χ0v) is 9.20. The second kappa shape index (κ2) is 4.89. The van der Waals surface area contributed by atoms with Crippen molar-refractivity contribution >= 4 is 11.9 Å². The van der Waals surface area contributed by atoms with Crippen LogP contribution in [0.5, 0.6) is 0 Å². The van der Waals surface area contributed by atoms with Crippen molar-refractivity contribution < 1.29 is 0 Å². The number of nitrogens with zero attached hydrogens (tertiary/aromatic N) is 2. The Morgan fingerprint density at radius 1 is 1.07 bits per heavy atom. The van der Waals surface area contributed by atoms with E-state index in [1.54, 1.807) is 0 Å². The van der Waals surface area contributed by atoms with Crippen molar-refractivity contribution in [1.29, 1.82) is 0 Å². The van der Waals surface area contributed by atoms with Gasteiger partial charge in [-0.15, -0.1) is 0 Å². The lowest BCUT2D eigenvalue weighted by Crippen LogP contribution is -2.22. The minimum absolute atomic E-state index is 0.0836. The van der Waals surface area contributed by atoms with Crippen molar-refractivity contribution in [1.82, 2.24) is 0 Å². The fourth-order valence-corrected chi connectivity index (χ4v) is 1.10. The average molecular weight is 190 g/mol. The van der Waals surface area contributed by atoms with Crippen molar-refractivity contribution in [2.75, 3.05) is 13.1 Å². The maximum Gasteiger partial charge on any atom is 0.0583 e. The first-order chi connectivity index (χ1) is 6.61. The van der Waals surface area contributed by atoms with Gasteiger partial charge in [0.25, 0.3) is 0 Å². The first-order valence-corrected chi connectivity index (χ1v) is 4.97. The van der Waals surface area contributed by atoms with Crippen LogP contribution < -0.4 is 0 Å². The third-order valence-corrected chi connectivity index (χ3v) is 1.94. The fraction of sp³-hybridized carbons (Fsp3) is 0.500. The van der Waals surface area contributed by atoms with E-state index in [0.29, 0.717) is 0 Å². The Hall–Kier alpha value is -1.18. The Labute approximate surface area is 86.2 Å². The molecule has 1 aliphatic heterocycles. The average Bonchev–Trinajstić information content (AvgIpc) is 2.12. The summed E-state index contributed by atoms with van der Waals surface area (Å²) in [5, 5.41) is 0. The molecule has 1 rings (SSSR count). The smallest absolute Gasteiger partial charge is 0.0583 e. The lowest BCUT2D eigenvalue weighted by atomic mass is 9.90. The van der Waals surface area contributed by atoms with E-state index in [0.717, 1.165) is 18.8 Å². The minimum Gasteiger partial charge on any atom is -0.287 e. The molecule has 0 saturated heterocycles. The molecule has 14 heavy (non-hydrogen) atoms. The van der Waals surface area contributed by atoms with Gasteiger partial charge in [0.05, 0.1) is 18.8 Å². The summed E-state index contributed by atoms with van der Waals surface area (Å²) in [4.78, 5) is 8.81. The van der Waals surface area contributed by atoms with E-state index in [4.69, 9.17) is 0 Å². The highest BCUT2D eigenvalue weighted by atomic mass is 14.8. The van der Waals surface area contributed by atoms with Gasteiger partial charge in [-0.25, -0.2) is 0 Å².